The molecule has 7 heteroatoms. The van der Waals surface area contributed by atoms with Crippen LogP contribution in [0.3, 0.4) is 0 Å². The van der Waals surface area contributed by atoms with Crippen LogP contribution in [-0.2, 0) is 10.0 Å². The van der Waals surface area contributed by atoms with Gasteiger partial charge in [0.2, 0.25) is 10.0 Å². The van der Waals surface area contributed by atoms with Crippen molar-refractivity contribution >= 4 is 20.9 Å². The molecular formula is C19H19N3O3S. The Labute approximate surface area is 152 Å². The molecule has 4 rings (SSSR count). The van der Waals surface area contributed by atoms with Crippen molar-refractivity contribution in [3.63, 3.8) is 0 Å². The fourth-order valence-corrected chi connectivity index (χ4v) is 4.86. The number of fused-ring (bicyclic) bond motifs is 1. The third-order valence-electron chi connectivity index (χ3n) is 4.47. The smallest absolute Gasteiger partial charge is 0.245 e. The summed E-state index contributed by atoms with van der Waals surface area (Å²) in [6.07, 6.45) is 5.46. The van der Waals surface area contributed by atoms with E-state index in [4.69, 9.17) is 4.74 Å². The van der Waals surface area contributed by atoms with E-state index in [1.165, 1.54) is 4.31 Å². The highest BCUT2D eigenvalue weighted by Gasteiger charge is 2.34. The van der Waals surface area contributed by atoms with Gasteiger partial charge in [-0.05, 0) is 43.2 Å². The van der Waals surface area contributed by atoms with Crippen molar-refractivity contribution in [2.75, 3.05) is 13.1 Å². The summed E-state index contributed by atoms with van der Waals surface area (Å²) in [6, 6.07) is 10.8. The normalized spacial score (nSPS) is 18.3. The molecule has 1 atom stereocenters. The summed E-state index contributed by atoms with van der Waals surface area (Å²) < 4.78 is 33.6. The molecule has 0 saturated carbocycles. The van der Waals surface area contributed by atoms with Crippen molar-refractivity contribution in [3.05, 3.63) is 60.6 Å². The first-order valence-corrected chi connectivity index (χ1v) is 9.90. The van der Waals surface area contributed by atoms with Crippen molar-refractivity contribution in [2.45, 2.75) is 24.3 Å². The maximum atomic E-state index is 13.1. The molecule has 134 valence electrons. The molecule has 1 aliphatic heterocycles. The Balaban J connectivity index is 1.60. The number of benzene rings is 1. The third kappa shape index (κ3) is 3.15. The van der Waals surface area contributed by atoms with Crippen molar-refractivity contribution in [3.8, 4) is 5.75 Å². The highest BCUT2D eigenvalue weighted by atomic mass is 32.2. The van der Waals surface area contributed by atoms with Gasteiger partial charge in [0.15, 0.2) is 0 Å². The monoisotopic (exact) mass is 369 g/mol. The van der Waals surface area contributed by atoms with Gasteiger partial charge in [-0.1, -0.05) is 12.1 Å². The zero-order chi connectivity index (χ0) is 18.1. The SMILES string of the molecule is Cc1cnc2c(S(=O)(=O)N3CC[C@@H](Oc4cccnc4)C3)cccc2c1. The van der Waals surface area contributed by atoms with Gasteiger partial charge >= 0.3 is 0 Å². The second kappa shape index (κ2) is 6.66. The van der Waals surface area contributed by atoms with Crippen molar-refractivity contribution in [2.24, 2.45) is 0 Å². The van der Waals surface area contributed by atoms with E-state index in [1.807, 2.05) is 25.1 Å². The number of hydrogen-bond acceptors (Lipinski definition) is 5. The lowest BCUT2D eigenvalue weighted by Gasteiger charge is -2.18. The lowest BCUT2D eigenvalue weighted by molar-refractivity contribution is 0.214. The Morgan fingerprint density at radius 2 is 2.08 bits per heavy atom. The van der Waals surface area contributed by atoms with Gasteiger partial charge < -0.3 is 4.74 Å². The molecule has 1 aliphatic rings. The Hall–Kier alpha value is -2.51. The predicted molar refractivity (Wildman–Crippen MR) is 98.5 cm³/mol. The lowest BCUT2D eigenvalue weighted by Crippen LogP contribution is -2.31. The van der Waals surface area contributed by atoms with E-state index in [9.17, 15) is 8.42 Å². The lowest BCUT2D eigenvalue weighted by atomic mass is 10.2. The molecule has 3 aromatic rings. The predicted octanol–water partition coefficient (Wildman–Crippen LogP) is 2.78. The first kappa shape index (κ1) is 16.9. The molecule has 0 aliphatic carbocycles. The molecule has 0 unspecified atom stereocenters. The summed E-state index contributed by atoms with van der Waals surface area (Å²) in [5, 5.41) is 0.827. The average Bonchev–Trinajstić information content (AvgIpc) is 3.11. The van der Waals surface area contributed by atoms with Gasteiger partial charge in [-0.3, -0.25) is 9.97 Å². The maximum absolute atomic E-state index is 13.1. The number of aromatic nitrogens is 2. The fourth-order valence-electron chi connectivity index (χ4n) is 3.21. The van der Waals surface area contributed by atoms with Crippen LogP contribution < -0.4 is 4.74 Å². The molecule has 0 N–H and O–H groups in total. The number of hydrogen-bond donors (Lipinski definition) is 0. The van der Waals surface area contributed by atoms with Crippen molar-refractivity contribution in [1.29, 1.82) is 0 Å². The Kier molecular flexibility index (Phi) is 4.34. The third-order valence-corrected chi connectivity index (χ3v) is 6.37. The summed E-state index contributed by atoms with van der Waals surface area (Å²) in [4.78, 5) is 8.63. The van der Waals surface area contributed by atoms with E-state index in [0.29, 0.717) is 30.8 Å². The van der Waals surface area contributed by atoms with Gasteiger partial charge in [0, 0.05) is 24.3 Å². The van der Waals surface area contributed by atoms with Gasteiger partial charge in [0.25, 0.3) is 0 Å². The summed E-state index contributed by atoms with van der Waals surface area (Å²) in [5.74, 6) is 0.652. The highest BCUT2D eigenvalue weighted by Crippen LogP contribution is 2.28. The largest absolute Gasteiger partial charge is 0.487 e. The van der Waals surface area contributed by atoms with Crippen LogP contribution >= 0.6 is 0 Å². The quantitative estimate of drug-likeness (QED) is 0.707. The molecular weight excluding hydrogens is 350 g/mol. The van der Waals surface area contributed by atoms with E-state index < -0.39 is 10.0 Å². The van der Waals surface area contributed by atoms with Crippen LogP contribution in [0.4, 0.5) is 0 Å². The Morgan fingerprint density at radius 1 is 1.19 bits per heavy atom. The zero-order valence-electron chi connectivity index (χ0n) is 14.4. The molecule has 2 aromatic heterocycles. The molecule has 6 nitrogen and oxygen atoms in total. The minimum atomic E-state index is -3.63. The minimum absolute atomic E-state index is 0.181. The Morgan fingerprint density at radius 3 is 2.88 bits per heavy atom. The molecule has 0 amide bonds. The molecule has 0 bridgehead atoms. The summed E-state index contributed by atoms with van der Waals surface area (Å²) >= 11 is 0. The van der Waals surface area contributed by atoms with Crippen LogP contribution in [0.2, 0.25) is 0 Å². The molecule has 1 fully saturated rings. The first-order chi connectivity index (χ1) is 12.5. The van der Waals surface area contributed by atoms with E-state index in [-0.39, 0.29) is 11.0 Å². The second-order valence-corrected chi connectivity index (χ2v) is 8.33. The topological polar surface area (TPSA) is 72.4 Å². The molecule has 3 heterocycles. The average molecular weight is 369 g/mol. The molecule has 1 saturated heterocycles. The van der Waals surface area contributed by atoms with Crippen molar-refractivity contribution < 1.29 is 13.2 Å². The van der Waals surface area contributed by atoms with E-state index >= 15 is 0 Å². The second-order valence-electron chi connectivity index (χ2n) is 6.42. The van der Waals surface area contributed by atoms with Gasteiger partial charge in [-0.15, -0.1) is 0 Å². The number of sulfonamides is 1. The minimum Gasteiger partial charge on any atom is -0.487 e. The zero-order valence-corrected chi connectivity index (χ0v) is 15.2. The summed E-state index contributed by atoms with van der Waals surface area (Å²) in [6.45, 7) is 2.68. The number of nitrogens with zero attached hydrogens (tertiary/aromatic N) is 3. The number of rotatable bonds is 4. The van der Waals surface area contributed by atoms with E-state index in [2.05, 4.69) is 9.97 Å². The molecule has 1 aromatic carbocycles. The highest BCUT2D eigenvalue weighted by molar-refractivity contribution is 7.89. The molecule has 26 heavy (non-hydrogen) atoms. The van der Waals surface area contributed by atoms with Crippen LogP contribution in [0.1, 0.15) is 12.0 Å². The van der Waals surface area contributed by atoms with Gasteiger partial charge in [-0.2, -0.15) is 4.31 Å². The van der Waals surface area contributed by atoms with Crippen LogP contribution in [0.25, 0.3) is 10.9 Å². The fraction of sp³-hybridized carbons (Fsp3) is 0.263. The van der Waals surface area contributed by atoms with Crippen LogP contribution in [0.5, 0.6) is 5.75 Å². The maximum Gasteiger partial charge on any atom is 0.245 e. The number of para-hydroxylation sites is 1. The van der Waals surface area contributed by atoms with Crippen molar-refractivity contribution in [1.82, 2.24) is 14.3 Å². The standard InChI is InChI=1S/C19H19N3O3S/c1-14-10-15-4-2-6-18(19(15)21-11-14)26(23,24)22-9-7-17(13-22)25-16-5-3-8-20-12-16/h2-6,8,10-12,17H,7,9,13H2,1H3/t17-/m1/s1. The van der Waals surface area contributed by atoms with Gasteiger partial charge in [0.1, 0.15) is 16.7 Å². The number of pyridine rings is 2. The van der Waals surface area contributed by atoms with Gasteiger partial charge in [0.05, 0.1) is 18.3 Å². The van der Waals surface area contributed by atoms with Crippen LogP contribution in [-0.4, -0.2) is 41.9 Å². The van der Waals surface area contributed by atoms with Gasteiger partial charge in [-0.25, -0.2) is 8.42 Å². The Bertz CT molecular complexity index is 1040. The van der Waals surface area contributed by atoms with E-state index in [0.717, 1.165) is 10.9 Å². The van der Waals surface area contributed by atoms with Crippen LogP contribution in [0, 0.1) is 6.92 Å². The number of aryl methyl sites for hydroxylation is 1. The summed E-state index contributed by atoms with van der Waals surface area (Å²) in [5.41, 5.74) is 1.51. The molecule has 0 radical (unpaired) electrons. The van der Waals surface area contributed by atoms with E-state index in [1.54, 1.807) is 36.8 Å². The summed E-state index contributed by atoms with van der Waals surface area (Å²) in [7, 11) is -3.63. The van der Waals surface area contributed by atoms with Crippen LogP contribution in [0.15, 0.2) is 59.9 Å². The molecule has 0 spiro atoms. The number of ether oxygens (including phenoxy) is 1. The first-order valence-electron chi connectivity index (χ1n) is 8.46.